The lowest BCUT2D eigenvalue weighted by molar-refractivity contribution is -0.881. The number of para-hydroxylation sites is 4. The lowest BCUT2D eigenvalue weighted by Gasteiger charge is -2.29. The summed E-state index contributed by atoms with van der Waals surface area (Å²) in [6, 6.07) is 15.7. The highest BCUT2D eigenvalue weighted by atomic mass is 35.5. The maximum absolute atomic E-state index is 6.69. The number of benzene rings is 2. The summed E-state index contributed by atoms with van der Waals surface area (Å²) in [7, 11) is 2.05. The third-order valence-corrected chi connectivity index (χ3v) is 6.37. The highest BCUT2D eigenvalue weighted by Crippen LogP contribution is 2.37. The predicted molar refractivity (Wildman–Crippen MR) is 118 cm³/mol. The molecule has 1 unspecified atom stereocenters. The fraction of sp³-hybridized carbons (Fsp3) is 0.182. The van der Waals surface area contributed by atoms with Crippen LogP contribution in [0.15, 0.2) is 71.2 Å². The van der Waals surface area contributed by atoms with Crippen LogP contribution in [0.3, 0.4) is 0 Å². The van der Waals surface area contributed by atoms with Crippen molar-refractivity contribution in [2.24, 2.45) is 0 Å². The second-order valence-electron chi connectivity index (χ2n) is 7.68. The molecule has 1 aliphatic rings. The van der Waals surface area contributed by atoms with E-state index in [1.54, 1.807) is 12.4 Å². The largest absolute Gasteiger partial charge is 0.303 e. The first kappa shape index (κ1) is 19.2. The Morgan fingerprint density at radius 3 is 2.00 bits per heavy atom. The second-order valence-corrected chi connectivity index (χ2v) is 8.39. The first-order valence-electron chi connectivity index (χ1n) is 9.58. The van der Waals surface area contributed by atoms with Gasteiger partial charge in [0.2, 0.25) is 5.16 Å². The Bertz CT molecular complexity index is 1290. The zero-order valence-electron chi connectivity index (χ0n) is 16.3. The van der Waals surface area contributed by atoms with Crippen LogP contribution in [0, 0.1) is 0 Å². The van der Waals surface area contributed by atoms with E-state index in [-0.39, 0.29) is 0 Å². The molecule has 8 heteroatoms. The van der Waals surface area contributed by atoms with Crippen LogP contribution in [0.25, 0.3) is 22.1 Å². The van der Waals surface area contributed by atoms with Gasteiger partial charge in [-0.05, 0) is 35.9 Å². The van der Waals surface area contributed by atoms with Crippen LogP contribution in [0.5, 0.6) is 0 Å². The van der Waals surface area contributed by atoms with Gasteiger partial charge >= 0.3 is 0 Å². The Morgan fingerprint density at radius 2 is 1.37 bits per heavy atom. The maximum Gasteiger partial charge on any atom is 0.239 e. The number of rotatable bonds is 4. The third kappa shape index (κ3) is 3.47. The number of hydrogen-bond acceptors (Lipinski definition) is 5. The Morgan fingerprint density at radius 1 is 0.833 bits per heavy atom. The van der Waals surface area contributed by atoms with Crippen molar-refractivity contribution in [3.63, 3.8) is 0 Å². The quantitative estimate of drug-likeness (QED) is 0.345. The van der Waals surface area contributed by atoms with Gasteiger partial charge in [0.1, 0.15) is 12.2 Å². The number of halogens is 2. The average Bonchev–Trinajstić information content (AvgIpc) is 2.97. The molecule has 0 aliphatic carbocycles. The molecule has 1 aliphatic heterocycles. The molecule has 2 aromatic carbocycles. The summed E-state index contributed by atoms with van der Waals surface area (Å²) in [5, 5.41) is 1.11. The van der Waals surface area contributed by atoms with Gasteiger partial charge in [0.15, 0.2) is 11.8 Å². The van der Waals surface area contributed by atoms with E-state index in [4.69, 9.17) is 33.2 Å². The van der Waals surface area contributed by atoms with Crippen molar-refractivity contribution in [1.82, 2.24) is 24.8 Å². The first-order chi connectivity index (χ1) is 14.5. The minimum atomic E-state index is 0.425. The average molecular weight is 438 g/mol. The molecular formula is C22H19Cl2N6+. The van der Waals surface area contributed by atoms with E-state index in [2.05, 4.69) is 9.97 Å². The van der Waals surface area contributed by atoms with Crippen molar-refractivity contribution < 1.29 is 4.48 Å². The van der Waals surface area contributed by atoms with E-state index in [1.807, 2.05) is 60.5 Å². The molecular weight excluding hydrogens is 419 g/mol. The van der Waals surface area contributed by atoms with Gasteiger partial charge in [-0.2, -0.15) is 0 Å². The normalized spacial score (nSPS) is 19.2. The Hall–Kier alpha value is -2.80. The molecule has 3 heterocycles. The second kappa shape index (κ2) is 7.47. The lowest BCUT2D eigenvalue weighted by atomic mass is 10.3. The number of hydrogen-bond donors (Lipinski definition) is 0. The molecule has 4 aromatic rings. The monoisotopic (exact) mass is 437 g/mol. The Labute approximate surface area is 184 Å². The van der Waals surface area contributed by atoms with Crippen LogP contribution in [0.2, 0.25) is 0 Å². The fourth-order valence-electron chi connectivity index (χ4n) is 3.79. The van der Waals surface area contributed by atoms with Crippen LogP contribution < -0.4 is 0 Å². The lowest BCUT2D eigenvalue weighted by Crippen LogP contribution is -2.42. The van der Waals surface area contributed by atoms with E-state index < -0.39 is 0 Å². The summed E-state index contributed by atoms with van der Waals surface area (Å²) in [5.41, 5.74) is 5.19. The molecule has 1 atom stereocenters. The standard InChI is InChI=1S/C22H19Cl2N6/c1-30(13-16-11-26-18-7-3-5-9-20(18)28-16)14-29(21(23)22(30)24)12-15-10-25-17-6-2-4-8-19(17)27-15/h2-11H,12-14H2,1H3/q+1. The minimum absolute atomic E-state index is 0.425. The van der Waals surface area contributed by atoms with Crippen molar-refractivity contribution in [2.45, 2.75) is 13.1 Å². The van der Waals surface area contributed by atoms with Crippen LogP contribution in [-0.4, -0.2) is 43.0 Å². The SMILES string of the molecule is C[N+]1(Cc2cnc3ccccc3n2)CN(Cc2cnc3ccccc3n2)C(Cl)=C1Cl. The molecule has 0 fully saturated rings. The maximum atomic E-state index is 6.69. The molecule has 150 valence electrons. The summed E-state index contributed by atoms with van der Waals surface area (Å²) >= 11 is 13.3. The van der Waals surface area contributed by atoms with Gasteiger partial charge in [0.05, 0.1) is 53.7 Å². The first-order valence-corrected chi connectivity index (χ1v) is 10.3. The summed E-state index contributed by atoms with van der Waals surface area (Å²) in [6.07, 6.45) is 3.60. The molecule has 0 bridgehead atoms. The van der Waals surface area contributed by atoms with Crippen molar-refractivity contribution in [3.8, 4) is 0 Å². The smallest absolute Gasteiger partial charge is 0.239 e. The molecule has 0 saturated heterocycles. The van der Waals surface area contributed by atoms with Crippen molar-refractivity contribution in [3.05, 3.63) is 82.6 Å². The number of nitrogens with zero attached hydrogens (tertiary/aromatic N) is 6. The van der Waals surface area contributed by atoms with E-state index in [9.17, 15) is 0 Å². The van der Waals surface area contributed by atoms with E-state index >= 15 is 0 Å². The summed E-state index contributed by atoms with van der Waals surface area (Å²) in [6.45, 7) is 1.73. The molecule has 30 heavy (non-hydrogen) atoms. The summed E-state index contributed by atoms with van der Waals surface area (Å²) < 4.78 is 0.425. The van der Waals surface area contributed by atoms with E-state index in [0.29, 0.717) is 34.6 Å². The van der Waals surface area contributed by atoms with E-state index in [1.165, 1.54) is 0 Å². The zero-order chi connectivity index (χ0) is 20.7. The molecule has 5 rings (SSSR count). The van der Waals surface area contributed by atoms with Crippen LogP contribution in [0.4, 0.5) is 0 Å². The van der Waals surface area contributed by atoms with Gasteiger partial charge in [0, 0.05) is 0 Å². The van der Waals surface area contributed by atoms with Crippen molar-refractivity contribution >= 4 is 45.3 Å². The number of quaternary nitrogens is 1. The molecule has 0 radical (unpaired) electrons. The molecule has 0 amide bonds. The van der Waals surface area contributed by atoms with Crippen molar-refractivity contribution in [2.75, 3.05) is 13.7 Å². The number of fused-ring (bicyclic) bond motifs is 2. The highest BCUT2D eigenvalue weighted by molar-refractivity contribution is 6.38. The zero-order valence-corrected chi connectivity index (χ0v) is 17.8. The van der Waals surface area contributed by atoms with Gasteiger partial charge in [-0.25, -0.2) is 9.97 Å². The van der Waals surface area contributed by atoms with Gasteiger partial charge in [-0.15, -0.1) is 0 Å². The van der Waals surface area contributed by atoms with Crippen LogP contribution in [0.1, 0.15) is 11.4 Å². The molecule has 6 nitrogen and oxygen atoms in total. The molecule has 0 saturated carbocycles. The van der Waals surface area contributed by atoms with Gasteiger partial charge in [0.25, 0.3) is 0 Å². The fourth-order valence-corrected chi connectivity index (χ4v) is 4.34. The summed E-state index contributed by atoms with van der Waals surface area (Å²) in [5.74, 6) is 0. The van der Waals surface area contributed by atoms with E-state index in [0.717, 1.165) is 33.5 Å². The highest BCUT2D eigenvalue weighted by Gasteiger charge is 2.41. The predicted octanol–water partition coefficient (Wildman–Crippen LogP) is 4.60. The Kier molecular flexibility index (Phi) is 4.77. The van der Waals surface area contributed by atoms with Gasteiger partial charge in [-0.1, -0.05) is 35.9 Å². The molecule has 0 spiro atoms. The minimum Gasteiger partial charge on any atom is -0.303 e. The summed E-state index contributed by atoms with van der Waals surface area (Å²) in [4.78, 5) is 20.5. The van der Waals surface area contributed by atoms with Gasteiger partial charge in [-0.3, -0.25) is 14.5 Å². The van der Waals surface area contributed by atoms with Crippen LogP contribution >= 0.6 is 23.2 Å². The Balaban J connectivity index is 1.38. The van der Waals surface area contributed by atoms with Crippen molar-refractivity contribution in [1.29, 1.82) is 0 Å². The van der Waals surface area contributed by atoms with Gasteiger partial charge < -0.3 is 4.90 Å². The van der Waals surface area contributed by atoms with Crippen LogP contribution in [-0.2, 0) is 13.1 Å². The third-order valence-electron chi connectivity index (χ3n) is 5.27. The number of aromatic nitrogens is 4. The molecule has 2 aromatic heterocycles. The molecule has 0 N–H and O–H groups in total. The topological polar surface area (TPSA) is 54.8 Å².